The number of rotatable bonds is 8. The van der Waals surface area contributed by atoms with Crippen molar-refractivity contribution in [2.24, 2.45) is 5.92 Å². The van der Waals surface area contributed by atoms with Crippen LogP contribution in [0.4, 0.5) is 0 Å². The van der Waals surface area contributed by atoms with Gasteiger partial charge >= 0.3 is 0 Å². The number of aromatic nitrogens is 2. The van der Waals surface area contributed by atoms with Crippen molar-refractivity contribution in [2.45, 2.75) is 63.2 Å². The number of para-hydroxylation sites is 1. The fourth-order valence-electron chi connectivity index (χ4n) is 5.56. The lowest BCUT2D eigenvalue weighted by molar-refractivity contribution is -0.0204. The average Bonchev–Trinajstić information content (AvgIpc) is 3.07. The van der Waals surface area contributed by atoms with Crippen molar-refractivity contribution in [2.75, 3.05) is 19.5 Å². The molecule has 7 nitrogen and oxygen atoms in total. The van der Waals surface area contributed by atoms with Gasteiger partial charge in [-0.05, 0) is 57.9 Å². The van der Waals surface area contributed by atoms with E-state index in [1.807, 2.05) is 44.4 Å². The van der Waals surface area contributed by atoms with Crippen LogP contribution >= 0.6 is 11.8 Å². The smallest absolute Gasteiger partial charge is 0.254 e. The molecule has 0 radical (unpaired) electrons. The number of amides is 1. The number of fused-ring (bicyclic) bond motifs is 1. The van der Waals surface area contributed by atoms with Gasteiger partial charge in [-0.3, -0.25) is 9.59 Å². The fraction of sp³-hybridized carbons (Fsp3) is 0.481. The van der Waals surface area contributed by atoms with E-state index in [9.17, 15) is 9.59 Å². The lowest BCUT2D eigenvalue weighted by Gasteiger charge is -2.43. The molecule has 3 N–H and O–H groups in total. The van der Waals surface area contributed by atoms with Crippen LogP contribution in [0.1, 0.15) is 53.1 Å². The largest absolute Gasteiger partial charge is 0.378 e. The predicted molar refractivity (Wildman–Crippen MR) is 140 cm³/mol. The number of carbonyl (C=O) groups excluding carboxylic acids is 1. The van der Waals surface area contributed by atoms with Crippen LogP contribution in [-0.2, 0) is 11.3 Å². The number of aromatic amines is 1. The van der Waals surface area contributed by atoms with E-state index in [-0.39, 0.29) is 18.0 Å². The first-order valence-electron chi connectivity index (χ1n) is 12.4. The molecule has 0 bridgehead atoms. The highest BCUT2D eigenvalue weighted by atomic mass is 32.2. The molecular formula is C27H34N4O3S. The minimum absolute atomic E-state index is 0.144. The summed E-state index contributed by atoms with van der Waals surface area (Å²) in [5.74, 6) is 0.420. The van der Waals surface area contributed by atoms with E-state index >= 15 is 0 Å². The molecule has 2 fully saturated rings. The zero-order valence-electron chi connectivity index (χ0n) is 20.8. The summed E-state index contributed by atoms with van der Waals surface area (Å²) in [6, 6.07) is 11.4. The van der Waals surface area contributed by atoms with E-state index in [1.54, 1.807) is 0 Å². The quantitative estimate of drug-likeness (QED) is 0.413. The molecule has 0 spiro atoms. The van der Waals surface area contributed by atoms with Crippen molar-refractivity contribution < 1.29 is 9.53 Å². The number of nitrogens with one attached hydrogen (secondary N) is 3. The van der Waals surface area contributed by atoms with Gasteiger partial charge in [0.2, 0.25) is 0 Å². The number of benzene rings is 1. The van der Waals surface area contributed by atoms with Gasteiger partial charge in [0.05, 0.1) is 24.8 Å². The first-order valence-corrected chi connectivity index (χ1v) is 13.6. The number of hydrogen-bond acceptors (Lipinski definition) is 5. The molecule has 186 valence electrons. The van der Waals surface area contributed by atoms with E-state index in [4.69, 9.17) is 4.74 Å². The summed E-state index contributed by atoms with van der Waals surface area (Å²) in [6.45, 7) is 8.01. The minimum Gasteiger partial charge on any atom is -0.378 e. The minimum atomic E-state index is -0.149. The zero-order chi connectivity index (χ0) is 24.7. The van der Waals surface area contributed by atoms with E-state index in [0.29, 0.717) is 35.2 Å². The van der Waals surface area contributed by atoms with Crippen LogP contribution in [0.2, 0.25) is 0 Å². The Morgan fingerprint density at radius 3 is 2.66 bits per heavy atom. The highest BCUT2D eigenvalue weighted by Crippen LogP contribution is 2.40. The van der Waals surface area contributed by atoms with Gasteiger partial charge in [-0.25, -0.2) is 0 Å². The van der Waals surface area contributed by atoms with Crippen molar-refractivity contribution in [3.63, 3.8) is 0 Å². The fourth-order valence-corrected chi connectivity index (χ4v) is 6.27. The van der Waals surface area contributed by atoms with Crippen LogP contribution in [0.25, 0.3) is 10.9 Å². The highest BCUT2D eigenvalue weighted by Gasteiger charge is 2.37. The molecule has 3 aromatic rings. The molecule has 1 atom stereocenters. The number of aryl methyl sites for hydroxylation is 1. The van der Waals surface area contributed by atoms with E-state index < -0.39 is 0 Å². The van der Waals surface area contributed by atoms with Gasteiger partial charge < -0.3 is 24.9 Å². The molecule has 35 heavy (non-hydrogen) atoms. The van der Waals surface area contributed by atoms with Crippen LogP contribution < -0.4 is 16.2 Å². The second-order valence-corrected chi connectivity index (χ2v) is 10.8. The summed E-state index contributed by atoms with van der Waals surface area (Å²) in [5, 5.41) is 7.67. The second kappa shape index (κ2) is 9.84. The predicted octanol–water partition coefficient (Wildman–Crippen LogP) is 3.93. The third kappa shape index (κ3) is 4.55. The standard InChI is InChI=1S/C27H34N4O3S/c1-15-9-24(35-4)22(26(32)29-15)12-28-27(33)25-17(3)31(23-8-6-5-7-21(23)25)16(2)18-10-19(11-18)30-20-13-34-14-20/h5-9,16,18-20,30H,10-14H2,1-4H3,(H,28,33)(H,29,32)/t16-,18?,19?/m1/s1. The molecule has 0 unspecified atom stereocenters. The van der Waals surface area contributed by atoms with Crippen LogP contribution in [0.5, 0.6) is 0 Å². The van der Waals surface area contributed by atoms with Gasteiger partial charge in [0.1, 0.15) is 0 Å². The lowest BCUT2D eigenvalue weighted by Crippen LogP contribution is -2.55. The summed E-state index contributed by atoms with van der Waals surface area (Å²) in [7, 11) is 0. The van der Waals surface area contributed by atoms with Crippen molar-refractivity contribution in [3.8, 4) is 0 Å². The molecule has 1 saturated heterocycles. The Labute approximate surface area is 210 Å². The third-order valence-corrected chi connectivity index (χ3v) is 8.44. The molecule has 1 saturated carbocycles. The molecule has 3 heterocycles. The highest BCUT2D eigenvalue weighted by molar-refractivity contribution is 7.98. The summed E-state index contributed by atoms with van der Waals surface area (Å²) in [6.07, 6.45) is 4.22. The molecule has 5 rings (SSSR count). The summed E-state index contributed by atoms with van der Waals surface area (Å²) in [5.41, 5.74) is 4.02. The molecule has 1 aromatic carbocycles. The van der Waals surface area contributed by atoms with Crippen LogP contribution in [0.15, 0.2) is 40.0 Å². The van der Waals surface area contributed by atoms with Gasteiger partial charge in [-0.2, -0.15) is 0 Å². The molecule has 1 aliphatic carbocycles. The maximum atomic E-state index is 13.5. The Kier molecular flexibility index (Phi) is 6.79. The monoisotopic (exact) mass is 494 g/mol. The maximum absolute atomic E-state index is 13.5. The first-order chi connectivity index (χ1) is 16.9. The second-order valence-electron chi connectivity index (χ2n) is 9.93. The van der Waals surface area contributed by atoms with E-state index in [1.165, 1.54) is 11.8 Å². The van der Waals surface area contributed by atoms with Crippen molar-refractivity contribution in [3.05, 3.63) is 63.2 Å². The Morgan fingerprint density at radius 1 is 1.23 bits per heavy atom. The number of carbonyl (C=O) groups is 1. The van der Waals surface area contributed by atoms with Gasteiger partial charge in [-0.1, -0.05) is 18.2 Å². The normalized spacial score (nSPS) is 20.9. The Hall–Kier alpha value is -2.55. The zero-order valence-corrected chi connectivity index (χ0v) is 21.6. The van der Waals surface area contributed by atoms with Gasteiger partial charge in [-0.15, -0.1) is 11.8 Å². The molecule has 2 aromatic heterocycles. The van der Waals surface area contributed by atoms with Gasteiger partial charge in [0, 0.05) is 51.4 Å². The van der Waals surface area contributed by atoms with Crippen LogP contribution in [0.3, 0.4) is 0 Å². The third-order valence-electron chi connectivity index (χ3n) is 7.63. The molecule has 1 aliphatic heterocycles. The Balaban J connectivity index is 1.37. The number of pyridine rings is 1. The average molecular weight is 495 g/mol. The van der Waals surface area contributed by atoms with Crippen molar-refractivity contribution >= 4 is 28.6 Å². The van der Waals surface area contributed by atoms with Crippen molar-refractivity contribution in [1.82, 2.24) is 20.2 Å². The molecular weight excluding hydrogens is 460 g/mol. The Morgan fingerprint density at radius 2 is 1.97 bits per heavy atom. The summed E-state index contributed by atoms with van der Waals surface area (Å²) in [4.78, 5) is 29.7. The van der Waals surface area contributed by atoms with E-state index in [0.717, 1.165) is 53.2 Å². The first kappa shape index (κ1) is 24.2. The number of thioether (sulfide) groups is 1. The Bertz CT molecular complexity index is 1300. The lowest BCUT2D eigenvalue weighted by atomic mass is 9.75. The topological polar surface area (TPSA) is 88.2 Å². The SMILES string of the molecule is CSc1cc(C)[nH]c(=O)c1CNC(=O)c1c(C)n([C@H](C)C2CC(NC3COC3)C2)c2ccccc12. The van der Waals surface area contributed by atoms with Crippen LogP contribution in [-0.4, -0.2) is 47.0 Å². The number of ether oxygens (including phenoxy) is 1. The number of nitrogens with zero attached hydrogens (tertiary/aromatic N) is 1. The number of H-pyrrole nitrogens is 1. The van der Waals surface area contributed by atoms with Crippen molar-refractivity contribution in [1.29, 1.82) is 0 Å². The van der Waals surface area contributed by atoms with Gasteiger partial charge in [0.25, 0.3) is 11.5 Å². The summed E-state index contributed by atoms with van der Waals surface area (Å²) >= 11 is 1.52. The maximum Gasteiger partial charge on any atom is 0.254 e. The molecule has 8 heteroatoms. The summed E-state index contributed by atoms with van der Waals surface area (Å²) < 4.78 is 7.62. The van der Waals surface area contributed by atoms with E-state index in [2.05, 4.69) is 33.2 Å². The van der Waals surface area contributed by atoms with Crippen LogP contribution in [0, 0.1) is 19.8 Å². The number of hydrogen-bond donors (Lipinski definition) is 3. The molecule has 2 aliphatic rings. The molecule has 1 amide bonds. The van der Waals surface area contributed by atoms with Gasteiger partial charge in [0.15, 0.2) is 0 Å².